The molecule has 1 aromatic heterocycles. The maximum Gasteiger partial charge on any atom is 0.272 e. The van der Waals surface area contributed by atoms with Crippen LogP contribution in [0.4, 0.5) is 10.1 Å². The molecular formula is C19H23FN4O. The number of benzene rings is 1. The molecule has 0 radical (unpaired) electrons. The predicted molar refractivity (Wildman–Crippen MR) is 96.0 cm³/mol. The third kappa shape index (κ3) is 4.54. The number of amides is 1. The van der Waals surface area contributed by atoms with Crippen molar-refractivity contribution in [3.63, 3.8) is 0 Å². The molecule has 1 fully saturated rings. The minimum Gasteiger partial charge on any atom is -0.381 e. The summed E-state index contributed by atoms with van der Waals surface area (Å²) in [4.78, 5) is 21.1. The molecule has 1 saturated heterocycles. The Balaban J connectivity index is 1.61. The molecular weight excluding hydrogens is 319 g/mol. The molecule has 1 aliphatic rings. The lowest BCUT2D eigenvalue weighted by molar-refractivity contribution is 0.0637. The zero-order valence-electron chi connectivity index (χ0n) is 14.4. The largest absolute Gasteiger partial charge is 0.381 e. The van der Waals surface area contributed by atoms with E-state index in [-0.39, 0.29) is 11.7 Å². The SMILES string of the molecule is CCN1CCN(C(=O)c2cc(NCc3ccc(F)cc3)ccn2)CC1. The molecule has 6 heteroatoms. The lowest BCUT2D eigenvalue weighted by atomic mass is 10.2. The fourth-order valence-corrected chi connectivity index (χ4v) is 2.89. The smallest absolute Gasteiger partial charge is 0.272 e. The summed E-state index contributed by atoms with van der Waals surface area (Å²) < 4.78 is 12.9. The van der Waals surface area contributed by atoms with Crippen LogP contribution < -0.4 is 5.32 Å². The van der Waals surface area contributed by atoms with E-state index >= 15 is 0 Å². The van der Waals surface area contributed by atoms with E-state index in [1.807, 2.05) is 11.0 Å². The van der Waals surface area contributed by atoms with Crippen molar-refractivity contribution in [3.8, 4) is 0 Å². The summed E-state index contributed by atoms with van der Waals surface area (Å²) in [6, 6.07) is 9.96. The Hall–Kier alpha value is -2.47. The molecule has 1 aliphatic heterocycles. The highest BCUT2D eigenvalue weighted by Gasteiger charge is 2.22. The number of carbonyl (C=O) groups excluding carboxylic acids is 1. The maximum absolute atomic E-state index is 12.9. The molecule has 0 saturated carbocycles. The fraction of sp³-hybridized carbons (Fsp3) is 0.368. The Bertz CT molecular complexity index is 712. The Morgan fingerprint density at radius 3 is 2.56 bits per heavy atom. The summed E-state index contributed by atoms with van der Waals surface area (Å²) in [6.07, 6.45) is 1.64. The van der Waals surface area contributed by atoms with Gasteiger partial charge in [0.1, 0.15) is 11.5 Å². The second-order valence-electron chi connectivity index (χ2n) is 6.14. The average molecular weight is 342 g/mol. The van der Waals surface area contributed by atoms with E-state index in [9.17, 15) is 9.18 Å². The number of rotatable bonds is 5. The van der Waals surface area contributed by atoms with Crippen LogP contribution in [0.5, 0.6) is 0 Å². The lowest BCUT2D eigenvalue weighted by Crippen LogP contribution is -2.48. The van der Waals surface area contributed by atoms with Crippen molar-refractivity contribution in [3.05, 3.63) is 59.7 Å². The fourth-order valence-electron chi connectivity index (χ4n) is 2.89. The van der Waals surface area contributed by atoms with Crippen LogP contribution in [-0.2, 0) is 6.54 Å². The molecule has 0 bridgehead atoms. The third-order valence-electron chi connectivity index (χ3n) is 4.50. The first-order valence-corrected chi connectivity index (χ1v) is 8.61. The number of carbonyl (C=O) groups is 1. The molecule has 0 unspecified atom stereocenters. The van der Waals surface area contributed by atoms with E-state index in [1.165, 1.54) is 12.1 Å². The molecule has 1 N–H and O–H groups in total. The minimum absolute atomic E-state index is 0.0267. The Labute approximate surface area is 147 Å². The molecule has 2 heterocycles. The molecule has 132 valence electrons. The average Bonchev–Trinajstić information content (AvgIpc) is 2.67. The monoisotopic (exact) mass is 342 g/mol. The first-order valence-electron chi connectivity index (χ1n) is 8.61. The van der Waals surface area contributed by atoms with Crippen LogP contribution in [0.15, 0.2) is 42.6 Å². The van der Waals surface area contributed by atoms with Gasteiger partial charge >= 0.3 is 0 Å². The first-order chi connectivity index (χ1) is 12.2. The number of nitrogens with one attached hydrogen (secondary N) is 1. The Morgan fingerprint density at radius 1 is 1.16 bits per heavy atom. The highest BCUT2D eigenvalue weighted by Crippen LogP contribution is 2.13. The number of halogens is 1. The van der Waals surface area contributed by atoms with E-state index < -0.39 is 0 Å². The molecule has 2 aromatic rings. The van der Waals surface area contributed by atoms with Gasteiger partial charge in [0.15, 0.2) is 0 Å². The van der Waals surface area contributed by atoms with E-state index in [1.54, 1.807) is 24.4 Å². The molecule has 25 heavy (non-hydrogen) atoms. The van der Waals surface area contributed by atoms with Gasteiger partial charge in [-0.15, -0.1) is 0 Å². The van der Waals surface area contributed by atoms with Gasteiger partial charge in [-0.05, 0) is 36.4 Å². The van der Waals surface area contributed by atoms with Crippen LogP contribution in [0.2, 0.25) is 0 Å². The van der Waals surface area contributed by atoms with Crippen LogP contribution in [0, 0.1) is 5.82 Å². The summed E-state index contributed by atoms with van der Waals surface area (Å²) in [6.45, 7) is 7.00. The van der Waals surface area contributed by atoms with Gasteiger partial charge in [-0.2, -0.15) is 0 Å². The zero-order chi connectivity index (χ0) is 17.6. The lowest BCUT2D eigenvalue weighted by Gasteiger charge is -2.33. The number of piperazine rings is 1. The molecule has 1 amide bonds. The zero-order valence-corrected chi connectivity index (χ0v) is 14.4. The Morgan fingerprint density at radius 2 is 1.88 bits per heavy atom. The number of nitrogens with zero attached hydrogens (tertiary/aromatic N) is 3. The molecule has 0 spiro atoms. The van der Waals surface area contributed by atoms with Crippen molar-refractivity contribution >= 4 is 11.6 Å². The second kappa shape index (κ2) is 8.07. The van der Waals surface area contributed by atoms with Gasteiger partial charge < -0.3 is 15.1 Å². The highest BCUT2D eigenvalue weighted by atomic mass is 19.1. The van der Waals surface area contributed by atoms with Gasteiger partial charge in [0.25, 0.3) is 5.91 Å². The topological polar surface area (TPSA) is 48.5 Å². The third-order valence-corrected chi connectivity index (χ3v) is 4.50. The predicted octanol–water partition coefficient (Wildman–Crippen LogP) is 2.61. The number of likely N-dealkylation sites (N-methyl/N-ethyl adjacent to an activating group) is 1. The summed E-state index contributed by atoms with van der Waals surface area (Å²) in [5.41, 5.74) is 2.26. The van der Waals surface area contributed by atoms with Crippen LogP contribution in [0.3, 0.4) is 0 Å². The minimum atomic E-state index is -0.247. The van der Waals surface area contributed by atoms with Gasteiger partial charge in [-0.1, -0.05) is 19.1 Å². The van der Waals surface area contributed by atoms with E-state index in [2.05, 4.69) is 22.1 Å². The van der Waals surface area contributed by atoms with Crippen molar-refractivity contribution in [1.29, 1.82) is 0 Å². The molecule has 5 nitrogen and oxygen atoms in total. The Kier molecular flexibility index (Phi) is 5.60. The van der Waals surface area contributed by atoms with Crippen molar-refractivity contribution in [2.45, 2.75) is 13.5 Å². The standard InChI is InChI=1S/C19H23FN4O/c1-2-23-9-11-24(12-10-23)19(25)18-13-17(7-8-21-18)22-14-15-3-5-16(20)6-4-15/h3-8,13H,2,9-12,14H2,1H3,(H,21,22). The summed E-state index contributed by atoms with van der Waals surface area (Å²) in [5, 5.41) is 3.25. The summed E-state index contributed by atoms with van der Waals surface area (Å²) in [5.74, 6) is -0.273. The maximum atomic E-state index is 12.9. The number of pyridine rings is 1. The van der Waals surface area contributed by atoms with Crippen molar-refractivity contribution < 1.29 is 9.18 Å². The normalized spacial score (nSPS) is 15.2. The van der Waals surface area contributed by atoms with Gasteiger partial charge in [0, 0.05) is 44.6 Å². The second-order valence-corrected chi connectivity index (χ2v) is 6.14. The van der Waals surface area contributed by atoms with E-state index in [4.69, 9.17) is 0 Å². The van der Waals surface area contributed by atoms with Gasteiger partial charge in [-0.3, -0.25) is 9.78 Å². The van der Waals surface area contributed by atoms with Crippen LogP contribution in [-0.4, -0.2) is 53.4 Å². The summed E-state index contributed by atoms with van der Waals surface area (Å²) >= 11 is 0. The van der Waals surface area contributed by atoms with Crippen LogP contribution >= 0.6 is 0 Å². The number of aromatic nitrogens is 1. The molecule has 0 aliphatic carbocycles. The number of hydrogen-bond donors (Lipinski definition) is 1. The van der Waals surface area contributed by atoms with E-state index in [0.717, 1.165) is 44.0 Å². The van der Waals surface area contributed by atoms with Crippen molar-refractivity contribution in [2.24, 2.45) is 0 Å². The van der Waals surface area contributed by atoms with Gasteiger partial charge in [0.2, 0.25) is 0 Å². The first kappa shape index (κ1) is 17.4. The number of anilines is 1. The van der Waals surface area contributed by atoms with Crippen LogP contribution in [0.1, 0.15) is 23.0 Å². The summed E-state index contributed by atoms with van der Waals surface area (Å²) in [7, 11) is 0. The quantitative estimate of drug-likeness (QED) is 0.907. The van der Waals surface area contributed by atoms with Crippen molar-refractivity contribution in [2.75, 3.05) is 38.0 Å². The number of hydrogen-bond acceptors (Lipinski definition) is 4. The van der Waals surface area contributed by atoms with Crippen LogP contribution in [0.25, 0.3) is 0 Å². The molecule has 1 aromatic carbocycles. The van der Waals surface area contributed by atoms with Gasteiger partial charge in [-0.25, -0.2) is 4.39 Å². The van der Waals surface area contributed by atoms with E-state index in [0.29, 0.717) is 12.2 Å². The highest BCUT2D eigenvalue weighted by molar-refractivity contribution is 5.93. The van der Waals surface area contributed by atoms with Gasteiger partial charge in [0.05, 0.1) is 0 Å². The molecule has 0 atom stereocenters. The molecule has 3 rings (SSSR count). The van der Waals surface area contributed by atoms with Crippen molar-refractivity contribution in [1.82, 2.24) is 14.8 Å².